The van der Waals surface area contributed by atoms with Crippen LogP contribution in [0.1, 0.15) is 12.0 Å². The molecule has 0 aliphatic heterocycles. The van der Waals surface area contributed by atoms with Crippen molar-refractivity contribution >= 4 is 23.1 Å². The summed E-state index contributed by atoms with van der Waals surface area (Å²) in [6, 6.07) is 16.2. The van der Waals surface area contributed by atoms with Crippen LogP contribution in [-0.2, 0) is 16.1 Å². The van der Waals surface area contributed by atoms with Crippen molar-refractivity contribution < 1.29 is 14.3 Å². The number of carbonyl (C=O) groups excluding carboxylic acids is 1. The van der Waals surface area contributed by atoms with E-state index in [0.717, 1.165) is 5.56 Å². The van der Waals surface area contributed by atoms with E-state index in [-0.39, 0.29) is 30.5 Å². The topological polar surface area (TPSA) is 132 Å². The Labute approximate surface area is 196 Å². The average Bonchev–Trinajstić information content (AvgIpc) is 2.82. The molecule has 0 saturated carbocycles. The lowest BCUT2D eigenvalue weighted by Gasteiger charge is -2.25. The predicted octanol–water partition coefficient (Wildman–Crippen LogP) is 1.66. The maximum Gasteiger partial charge on any atom is 0.330 e. The number of nitrogens with zero attached hydrogens (tertiary/aromatic N) is 2. The molecule has 4 N–H and O–H groups in total. The molecule has 3 aromatic rings. The highest BCUT2D eigenvalue weighted by molar-refractivity contribution is 5.94. The molecule has 0 bridgehead atoms. The van der Waals surface area contributed by atoms with Gasteiger partial charge in [0.15, 0.2) is 0 Å². The van der Waals surface area contributed by atoms with Crippen molar-refractivity contribution in [2.45, 2.75) is 13.0 Å². The summed E-state index contributed by atoms with van der Waals surface area (Å²) < 4.78 is 11.6. The standard InChI is InChI=1S/C24H29N5O5/c1-33-13-7-12-28(16-20(30)26-18-10-6-11-19(14-18)34-2)21-22(25)29(24(32)27-23(21)31)15-17-8-4-3-5-9-17/h3-6,8-11,14H,7,12-13,15-16,25H2,1-2H3,(H,26,30)(H,27,31,32). The number of hydrogen-bond acceptors (Lipinski definition) is 7. The molecule has 0 radical (unpaired) electrons. The van der Waals surface area contributed by atoms with Gasteiger partial charge in [-0.05, 0) is 24.1 Å². The van der Waals surface area contributed by atoms with Gasteiger partial charge >= 0.3 is 5.69 Å². The van der Waals surface area contributed by atoms with Crippen LogP contribution in [0.25, 0.3) is 0 Å². The third-order valence-electron chi connectivity index (χ3n) is 5.18. The van der Waals surface area contributed by atoms with Crippen molar-refractivity contribution in [3.8, 4) is 5.75 Å². The maximum absolute atomic E-state index is 12.8. The van der Waals surface area contributed by atoms with E-state index in [1.165, 1.54) is 11.7 Å². The molecule has 0 spiro atoms. The fourth-order valence-electron chi connectivity index (χ4n) is 3.55. The first kappa shape index (κ1) is 24.6. The Morgan fingerprint density at radius 2 is 1.88 bits per heavy atom. The van der Waals surface area contributed by atoms with Crippen molar-refractivity contribution in [2.75, 3.05) is 49.9 Å². The van der Waals surface area contributed by atoms with Crippen molar-refractivity contribution in [3.05, 3.63) is 81.0 Å². The van der Waals surface area contributed by atoms with Crippen LogP contribution in [0.5, 0.6) is 5.75 Å². The van der Waals surface area contributed by atoms with Gasteiger partial charge in [0.2, 0.25) is 5.91 Å². The number of rotatable bonds is 11. The molecule has 0 aliphatic carbocycles. The van der Waals surface area contributed by atoms with E-state index < -0.39 is 11.2 Å². The van der Waals surface area contributed by atoms with E-state index in [9.17, 15) is 14.4 Å². The van der Waals surface area contributed by atoms with Gasteiger partial charge in [0.05, 0.1) is 20.2 Å². The number of amides is 1. The van der Waals surface area contributed by atoms with Gasteiger partial charge in [-0.25, -0.2) is 4.79 Å². The second kappa shape index (κ2) is 11.7. The van der Waals surface area contributed by atoms with E-state index >= 15 is 0 Å². The molecular formula is C24H29N5O5. The molecule has 10 nitrogen and oxygen atoms in total. The van der Waals surface area contributed by atoms with Crippen LogP contribution in [-0.4, -0.2) is 49.4 Å². The first-order chi connectivity index (χ1) is 16.4. The Morgan fingerprint density at radius 3 is 2.59 bits per heavy atom. The number of benzene rings is 2. The molecule has 1 aromatic heterocycles. The van der Waals surface area contributed by atoms with E-state index in [1.807, 2.05) is 30.3 Å². The summed E-state index contributed by atoms with van der Waals surface area (Å²) in [7, 11) is 3.11. The van der Waals surface area contributed by atoms with Crippen molar-refractivity contribution in [3.63, 3.8) is 0 Å². The minimum atomic E-state index is -0.654. The van der Waals surface area contributed by atoms with Crippen LogP contribution in [0.2, 0.25) is 0 Å². The Kier molecular flexibility index (Phi) is 8.47. The highest BCUT2D eigenvalue weighted by Crippen LogP contribution is 2.20. The van der Waals surface area contributed by atoms with Gasteiger partial charge in [-0.3, -0.25) is 19.1 Å². The van der Waals surface area contributed by atoms with E-state index in [4.69, 9.17) is 15.2 Å². The number of nitrogens with two attached hydrogens (primary N) is 1. The molecule has 34 heavy (non-hydrogen) atoms. The molecule has 0 fully saturated rings. The number of anilines is 3. The van der Waals surface area contributed by atoms with E-state index in [0.29, 0.717) is 31.0 Å². The largest absolute Gasteiger partial charge is 0.497 e. The SMILES string of the molecule is COCCCN(CC(=O)Nc1cccc(OC)c1)c1c(N)n(Cc2ccccc2)c(=O)[nH]c1=O. The van der Waals surface area contributed by atoms with Gasteiger partial charge in [0.25, 0.3) is 5.56 Å². The average molecular weight is 468 g/mol. The summed E-state index contributed by atoms with van der Waals surface area (Å²) in [6.45, 7) is 0.764. The zero-order valence-electron chi connectivity index (χ0n) is 19.2. The van der Waals surface area contributed by atoms with E-state index in [1.54, 1.807) is 36.3 Å². The van der Waals surface area contributed by atoms with Gasteiger partial charge < -0.3 is 25.4 Å². The number of H-pyrrole nitrogens is 1. The number of nitrogens with one attached hydrogen (secondary N) is 2. The van der Waals surface area contributed by atoms with Gasteiger partial charge in [-0.1, -0.05) is 36.4 Å². The summed E-state index contributed by atoms with van der Waals surface area (Å²) in [6.07, 6.45) is 0.541. The summed E-state index contributed by atoms with van der Waals surface area (Å²) in [4.78, 5) is 42.0. The van der Waals surface area contributed by atoms with Gasteiger partial charge in [0.1, 0.15) is 17.3 Å². The Balaban J connectivity index is 1.91. The lowest BCUT2D eigenvalue weighted by atomic mass is 10.2. The van der Waals surface area contributed by atoms with Crippen LogP contribution < -0.4 is 31.9 Å². The van der Waals surface area contributed by atoms with Crippen molar-refractivity contribution in [1.29, 1.82) is 0 Å². The number of aromatic amines is 1. The molecule has 2 aromatic carbocycles. The minimum Gasteiger partial charge on any atom is -0.497 e. The summed E-state index contributed by atoms with van der Waals surface area (Å²) in [5.41, 5.74) is 6.51. The van der Waals surface area contributed by atoms with Crippen LogP contribution in [0.4, 0.5) is 17.2 Å². The summed E-state index contributed by atoms with van der Waals surface area (Å²) in [5.74, 6) is 0.234. The monoisotopic (exact) mass is 467 g/mol. The van der Waals surface area contributed by atoms with E-state index in [2.05, 4.69) is 10.3 Å². The Hall–Kier alpha value is -4.05. The molecule has 0 saturated heterocycles. The molecule has 10 heteroatoms. The number of aromatic nitrogens is 2. The summed E-state index contributed by atoms with van der Waals surface area (Å²) in [5, 5.41) is 2.80. The second-order valence-corrected chi connectivity index (χ2v) is 7.61. The third kappa shape index (κ3) is 6.26. The molecule has 0 unspecified atom stereocenters. The number of methoxy groups -OCH3 is 2. The minimum absolute atomic E-state index is 0.01000. The quantitative estimate of drug-likeness (QED) is 0.366. The Bertz CT molecular complexity index is 1220. The predicted molar refractivity (Wildman–Crippen MR) is 132 cm³/mol. The highest BCUT2D eigenvalue weighted by Gasteiger charge is 2.21. The molecule has 180 valence electrons. The number of ether oxygens (including phenoxy) is 2. The van der Waals surface area contributed by atoms with Crippen LogP contribution in [0.15, 0.2) is 64.2 Å². The highest BCUT2D eigenvalue weighted by atomic mass is 16.5. The molecule has 1 amide bonds. The van der Waals surface area contributed by atoms with Gasteiger partial charge in [-0.15, -0.1) is 0 Å². The fourth-order valence-corrected chi connectivity index (χ4v) is 3.55. The second-order valence-electron chi connectivity index (χ2n) is 7.61. The smallest absolute Gasteiger partial charge is 0.330 e. The zero-order valence-corrected chi connectivity index (χ0v) is 19.2. The third-order valence-corrected chi connectivity index (χ3v) is 5.18. The molecule has 1 heterocycles. The maximum atomic E-state index is 12.8. The number of hydrogen-bond donors (Lipinski definition) is 3. The Morgan fingerprint density at radius 1 is 1.12 bits per heavy atom. The molecule has 0 atom stereocenters. The zero-order chi connectivity index (χ0) is 24.5. The lowest BCUT2D eigenvalue weighted by Crippen LogP contribution is -2.42. The van der Waals surface area contributed by atoms with Gasteiger partial charge in [-0.2, -0.15) is 0 Å². The number of carbonyl (C=O) groups is 1. The van der Waals surface area contributed by atoms with Crippen molar-refractivity contribution in [2.24, 2.45) is 0 Å². The molecular weight excluding hydrogens is 438 g/mol. The summed E-state index contributed by atoms with van der Waals surface area (Å²) >= 11 is 0. The van der Waals surface area contributed by atoms with Crippen LogP contribution >= 0.6 is 0 Å². The molecule has 3 rings (SSSR count). The first-order valence-electron chi connectivity index (χ1n) is 10.8. The van der Waals surface area contributed by atoms with Gasteiger partial charge in [0, 0.05) is 32.0 Å². The first-order valence-corrected chi connectivity index (χ1v) is 10.8. The fraction of sp³-hybridized carbons (Fsp3) is 0.292. The molecule has 0 aliphatic rings. The number of nitrogen functional groups attached to an aromatic ring is 1. The lowest BCUT2D eigenvalue weighted by molar-refractivity contribution is -0.115. The van der Waals surface area contributed by atoms with Crippen LogP contribution in [0, 0.1) is 0 Å². The normalized spacial score (nSPS) is 10.6. The van der Waals surface area contributed by atoms with Crippen LogP contribution in [0.3, 0.4) is 0 Å². The van der Waals surface area contributed by atoms with Crippen molar-refractivity contribution in [1.82, 2.24) is 9.55 Å².